The van der Waals surface area contributed by atoms with E-state index < -0.39 is 0 Å². The molecule has 2 aromatic carbocycles. The normalized spacial score (nSPS) is 14.2. The minimum absolute atomic E-state index is 0.0780. The molecule has 1 saturated heterocycles. The summed E-state index contributed by atoms with van der Waals surface area (Å²) in [7, 11) is 0. The van der Waals surface area contributed by atoms with Crippen molar-refractivity contribution < 1.29 is 9.18 Å². The number of hydrogen-bond acceptors (Lipinski definition) is 4. The summed E-state index contributed by atoms with van der Waals surface area (Å²) in [4.78, 5) is 16.9. The van der Waals surface area contributed by atoms with Gasteiger partial charge in [0.15, 0.2) is 5.82 Å². The second kappa shape index (κ2) is 7.99. The zero-order chi connectivity index (χ0) is 20.4. The molecule has 6 heteroatoms. The molecule has 3 aromatic rings. The number of amides is 1. The highest BCUT2D eigenvalue weighted by Crippen LogP contribution is 2.20. The van der Waals surface area contributed by atoms with Crippen LogP contribution in [0.2, 0.25) is 0 Å². The second-order valence-electron chi connectivity index (χ2n) is 7.44. The van der Waals surface area contributed by atoms with E-state index in [1.807, 2.05) is 43.0 Å². The van der Waals surface area contributed by atoms with Crippen molar-refractivity contribution in [3.05, 3.63) is 77.1 Å². The van der Waals surface area contributed by atoms with Crippen LogP contribution in [0.4, 0.5) is 10.2 Å². The minimum Gasteiger partial charge on any atom is -0.352 e. The number of aromatic nitrogens is 2. The van der Waals surface area contributed by atoms with E-state index in [9.17, 15) is 9.18 Å². The van der Waals surface area contributed by atoms with Gasteiger partial charge in [0.05, 0.1) is 5.69 Å². The summed E-state index contributed by atoms with van der Waals surface area (Å²) >= 11 is 0. The van der Waals surface area contributed by atoms with Crippen LogP contribution in [0.25, 0.3) is 11.3 Å². The van der Waals surface area contributed by atoms with Gasteiger partial charge in [0, 0.05) is 37.3 Å². The molecule has 1 amide bonds. The Balaban J connectivity index is 1.40. The summed E-state index contributed by atoms with van der Waals surface area (Å²) in [5.74, 6) is 0.593. The smallest absolute Gasteiger partial charge is 0.253 e. The maximum absolute atomic E-state index is 13.1. The van der Waals surface area contributed by atoms with Gasteiger partial charge < -0.3 is 9.80 Å². The van der Waals surface area contributed by atoms with E-state index in [0.717, 1.165) is 28.1 Å². The molecule has 0 aliphatic carbocycles. The second-order valence-corrected chi connectivity index (χ2v) is 7.44. The van der Waals surface area contributed by atoms with Gasteiger partial charge in [-0.15, -0.1) is 10.2 Å². The molecule has 1 aliphatic heterocycles. The van der Waals surface area contributed by atoms with E-state index in [1.165, 1.54) is 12.1 Å². The van der Waals surface area contributed by atoms with Gasteiger partial charge in [-0.2, -0.15) is 0 Å². The summed E-state index contributed by atoms with van der Waals surface area (Å²) < 4.78 is 13.1. The summed E-state index contributed by atoms with van der Waals surface area (Å²) in [5.41, 5.74) is 4.48. The SMILES string of the molecule is Cc1cc(C)cc(C(=O)N2CCN(c3ccc(-c4ccc(F)cc4)nn3)CC2)c1. The molecule has 2 heterocycles. The van der Waals surface area contributed by atoms with Gasteiger partial charge in [-0.05, 0) is 62.4 Å². The number of nitrogens with zero attached hydrogens (tertiary/aromatic N) is 4. The first-order valence-corrected chi connectivity index (χ1v) is 9.72. The number of benzene rings is 2. The van der Waals surface area contributed by atoms with Crippen LogP contribution in [0, 0.1) is 19.7 Å². The molecule has 0 radical (unpaired) electrons. The first-order chi connectivity index (χ1) is 14.0. The number of carbonyl (C=O) groups excluding carboxylic acids is 1. The van der Waals surface area contributed by atoms with E-state index in [4.69, 9.17) is 0 Å². The zero-order valence-electron chi connectivity index (χ0n) is 16.6. The average molecular weight is 390 g/mol. The Labute approximate surface area is 169 Å². The van der Waals surface area contributed by atoms with Crippen LogP contribution in [0.15, 0.2) is 54.6 Å². The predicted octanol–water partition coefficient (Wildman–Crippen LogP) is 3.86. The van der Waals surface area contributed by atoms with Crippen LogP contribution < -0.4 is 4.90 Å². The molecule has 0 spiro atoms. The third-order valence-corrected chi connectivity index (χ3v) is 5.15. The van der Waals surface area contributed by atoms with Crippen molar-refractivity contribution in [2.24, 2.45) is 0 Å². The lowest BCUT2D eigenvalue weighted by atomic mass is 10.1. The van der Waals surface area contributed by atoms with Crippen molar-refractivity contribution in [1.29, 1.82) is 0 Å². The largest absolute Gasteiger partial charge is 0.352 e. The van der Waals surface area contributed by atoms with Gasteiger partial charge in [-0.3, -0.25) is 4.79 Å². The molecule has 0 unspecified atom stereocenters. The van der Waals surface area contributed by atoms with Crippen LogP contribution in [0.5, 0.6) is 0 Å². The standard InChI is InChI=1S/C23H23FN4O/c1-16-13-17(2)15-19(14-16)23(29)28-11-9-27(10-12-28)22-8-7-21(25-26-22)18-3-5-20(24)6-4-18/h3-8,13-15H,9-12H2,1-2H3. The van der Waals surface area contributed by atoms with Crippen molar-refractivity contribution in [3.63, 3.8) is 0 Å². The maximum Gasteiger partial charge on any atom is 0.253 e. The van der Waals surface area contributed by atoms with E-state index >= 15 is 0 Å². The lowest BCUT2D eigenvalue weighted by Gasteiger charge is -2.35. The summed E-state index contributed by atoms with van der Waals surface area (Å²) in [6, 6.07) is 16.0. The Morgan fingerprint density at radius 1 is 0.862 bits per heavy atom. The van der Waals surface area contributed by atoms with Gasteiger partial charge >= 0.3 is 0 Å². The summed E-state index contributed by atoms with van der Waals surface area (Å²) in [5, 5.41) is 8.61. The molecule has 148 valence electrons. The van der Waals surface area contributed by atoms with Crippen molar-refractivity contribution in [2.75, 3.05) is 31.1 Å². The molecule has 0 N–H and O–H groups in total. The molecule has 1 aliphatic rings. The zero-order valence-corrected chi connectivity index (χ0v) is 16.6. The highest BCUT2D eigenvalue weighted by atomic mass is 19.1. The quantitative estimate of drug-likeness (QED) is 0.681. The Morgan fingerprint density at radius 3 is 2.10 bits per heavy atom. The molecule has 0 saturated carbocycles. The minimum atomic E-state index is -0.272. The number of carbonyl (C=O) groups is 1. The highest BCUT2D eigenvalue weighted by molar-refractivity contribution is 5.94. The Morgan fingerprint density at radius 2 is 1.52 bits per heavy atom. The summed E-state index contributed by atoms with van der Waals surface area (Å²) in [6.45, 7) is 6.73. The van der Waals surface area contributed by atoms with E-state index in [1.54, 1.807) is 12.1 Å². The molecular weight excluding hydrogens is 367 g/mol. The van der Waals surface area contributed by atoms with E-state index in [0.29, 0.717) is 31.9 Å². The van der Waals surface area contributed by atoms with Crippen molar-refractivity contribution in [1.82, 2.24) is 15.1 Å². The number of aryl methyl sites for hydroxylation is 2. The van der Waals surface area contributed by atoms with Gasteiger partial charge in [0.25, 0.3) is 5.91 Å². The van der Waals surface area contributed by atoms with Crippen LogP contribution in [-0.4, -0.2) is 47.2 Å². The fraction of sp³-hybridized carbons (Fsp3) is 0.261. The predicted molar refractivity (Wildman–Crippen MR) is 111 cm³/mol. The van der Waals surface area contributed by atoms with Gasteiger partial charge in [-0.1, -0.05) is 17.2 Å². The number of rotatable bonds is 3. The molecule has 4 rings (SSSR count). The molecule has 5 nitrogen and oxygen atoms in total. The van der Waals surface area contributed by atoms with E-state index in [-0.39, 0.29) is 11.7 Å². The van der Waals surface area contributed by atoms with Crippen LogP contribution >= 0.6 is 0 Å². The number of halogens is 1. The van der Waals surface area contributed by atoms with Crippen molar-refractivity contribution in [2.45, 2.75) is 13.8 Å². The lowest BCUT2D eigenvalue weighted by Crippen LogP contribution is -2.49. The van der Waals surface area contributed by atoms with Crippen LogP contribution in [0.3, 0.4) is 0 Å². The first-order valence-electron chi connectivity index (χ1n) is 9.72. The number of hydrogen-bond donors (Lipinski definition) is 0. The molecule has 0 bridgehead atoms. The average Bonchev–Trinajstić information content (AvgIpc) is 2.73. The molecule has 1 aromatic heterocycles. The monoisotopic (exact) mass is 390 g/mol. The van der Waals surface area contributed by atoms with Gasteiger partial charge in [0.1, 0.15) is 5.82 Å². The van der Waals surface area contributed by atoms with Crippen molar-refractivity contribution >= 4 is 11.7 Å². The number of piperazine rings is 1. The fourth-order valence-electron chi connectivity index (χ4n) is 3.69. The van der Waals surface area contributed by atoms with Crippen LogP contribution in [0.1, 0.15) is 21.5 Å². The van der Waals surface area contributed by atoms with Crippen LogP contribution in [-0.2, 0) is 0 Å². The third-order valence-electron chi connectivity index (χ3n) is 5.15. The van der Waals surface area contributed by atoms with Gasteiger partial charge in [-0.25, -0.2) is 4.39 Å². The molecule has 1 fully saturated rings. The Kier molecular flexibility index (Phi) is 5.25. The topological polar surface area (TPSA) is 49.3 Å². The Bertz CT molecular complexity index is 990. The fourth-order valence-corrected chi connectivity index (χ4v) is 3.69. The maximum atomic E-state index is 13.1. The first kappa shape index (κ1) is 19.1. The van der Waals surface area contributed by atoms with E-state index in [2.05, 4.69) is 21.2 Å². The number of anilines is 1. The third kappa shape index (κ3) is 4.26. The lowest BCUT2D eigenvalue weighted by molar-refractivity contribution is 0.0746. The highest BCUT2D eigenvalue weighted by Gasteiger charge is 2.23. The molecular formula is C23H23FN4O. The van der Waals surface area contributed by atoms with Crippen molar-refractivity contribution in [3.8, 4) is 11.3 Å². The van der Waals surface area contributed by atoms with Gasteiger partial charge in [0.2, 0.25) is 0 Å². The molecule has 29 heavy (non-hydrogen) atoms. The summed E-state index contributed by atoms with van der Waals surface area (Å²) in [6.07, 6.45) is 0. The Hall–Kier alpha value is -3.28. The molecule has 0 atom stereocenters.